The van der Waals surface area contributed by atoms with Gasteiger partial charge in [-0.2, -0.15) is 0 Å². The van der Waals surface area contributed by atoms with Crippen LogP contribution < -0.4 is 51.2 Å². The van der Waals surface area contributed by atoms with Crippen molar-refractivity contribution in [2.45, 2.75) is 84.2 Å². The Morgan fingerprint density at radius 2 is 1.48 bits per heavy atom. The second-order valence-corrected chi connectivity index (χ2v) is 8.43. The zero-order valence-corrected chi connectivity index (χ0v) is 26.2. The number of carboxylic acids is 1. The molecule has 19 heteroatoms. The summed E-state index contributed by atoms with van der Waals surface area (Å²) < 4.78 is 31.4. The van der Waals surface area contributed by atoms with Gasteiger partial charge in [0.1, 0.15) is 12.7 Å². The molecular weight excluding hydrogens is 579 g/mol. The first-order valence-corrected chi connectivity index (χ1v) is 12.4. The Morgan fingerprint density at radius 1 is 0.905 bits per heavy atom. The van der Waals surface area contributed by atoms with Crippen molar-refractivity contribution in [2.75, 3.05) is 19.8 Å². The normalized spacial score (nSPS) is 22.3. The summed E-state index contributed by atoms with van der Waals surface area (Å²) in [5.74, 6) is -4.99. The molecule has 1 fully saturated rings. The van der Waals surface area contributed by atoms with Crippen LogP contribution in [-0.4, -0.2) is 98.4 Å². The predicted octanol–water partition coefficient (Wildman–Crippen LogP) is -5.45. The Balaban J connectivity index is 0.0000168. The molecule has 0 unspecified atom stereocenters. The summed E-state index contributed by atoms with van der Waals surface area (Å²) in [6.45, 7) is 5.33. The van der Waals surface area contributed by atoms with Crippen molar-refractivity contribution in [3.63, 3.8) is 0 Å². The number of alkyl carbamates (subject to hydrolysis) is 1. The number of aliphatic carboxylic acids is 1. The van der Waals surface area contributed by atoms with Gasteiger partial charge in [0.25, 0.3) is 0 Å². The van der Waals surface area contributed by atoms with E-state index >= 15 is 0 Å². The van der Waals surface area contributed by atoms with E-state index in [-0.39, 0.29) is 61.5 Å². The molecule has 4 N–H and O–H groups in total. The van der Waals surface area contributed by atoms with Gasteiger partial charge in [0.15, 0.2) is 18.3 Å². The summed E-state index contributed by atoms with van der Waals surface area (Å²) in [5.41, 5.74) is 7.73. The third kappa shape index (κ3) is 14.7. The molecule has 0 saturated carbocycles. The fourth-order valence-corrected chi connectivity index (χ4v) is 3.38. The molecule has 232 valence electrons. The van der Waals surface area contributed by atoms with Crippen molar-refractivity contribution >= 4 is 41.9 Å². The number of nitrogens with two attached hydrogens (primary N) is 1. The molecule has 0 aliphatic carbocycles. The molecule has 0 bridgehead atoms. The Morgan fingerprint density at radius 3 is 2.00 bits per heavy atom. The van der Waals surface area contributed by atoms with Gasteiger partial charge in [-0.05, 0) is 19.8 Å². The maximum Gasteiger partial charge on any atom is 1.00 e. The summed E-state index contributed by atoms with van der Waals surface area (Å²) >= 11 is 0. The minimum Gasteiger partial charge on any atom is -0.548 e. The van der Waals surface area contributed by atoms with Gasteiger partial charge in [-0.15, -0.1) is 0 Å². The van der Waals surface area contributed by atoms with Crippen LogP contribution in [0, 0.1) is 0 Å². The van der Waals surface area contributed by atoms with Crippen LogP contribution in [-0.2, 0) is 57.2 Å². The van der Waals surface area contributed by atoms with E-state index in [1.807, 2.05) is 0 Å². The van der Waals surface area contributed by atoms with Crippen molar-refractivity contribution in [1.29, 1.82) is 0 Å². The number of amides is 1. The predicted molar refractivity (Wildman–Crippen MR) is 131 cm³/mol. The fraction of sp³-hybridized carbons (Fsp3) is 0.696. The van der Waals surface area contributed by atoms with Gasteiger partial charge in [0.05, 0.1) is 12.6 Å². The van der Waals surface area contributed by atoms with Crippen LogP contribution in [0.3, 0.4) is 0 Å². The van der Waals surface area contributed by atoms with Crippen molar-refractivity contribution in [2.24, 2.45) is 10.7 Å². The molecule has 0 aromatic rings. The molecule has 1 amide bonds. The maximum absolute atomic E-state index is 12.0. The van der Waals surface area contributed by atoms with E-state index < -0.39 is 79.3 Å². The fourth-order valence-electron chi connectivity index (χ4n) is 3.38. The van der Waals surface area contributed by atoms with E-state index in [9.17, 15) is 33.9 Å². The molecule has 1 aliphatic heterocycles. The maximum atomic E-state index is 12.0. The number of carboxylic acid groups (broad SMARTS) is 1. The van der Waals surface area contributed by atoms with Crippen LogP contribution in [0.25, 0.3) is 0 Å². The number of rotatable bonds is 13. The van der Waals surface area contributed by atoms with Crippen LogP contribution in [0.5, 0.6) is 0 Å². The Hall–Kier alpha value is -3.03. The molecule has 0 radical (unpaired) electrons. The Kier molecular flexibility index (Phi) is 18.5. The van der Waals surface area contributed by atoms with Crippen molar-refractivity contribution in [3.05, 3.63) is 0 Å². The first kappa shape index (κ1) is 39.0. The molecule has 1 saturated heterocycles. The summed E-state index contributed by atoms with van der Waals surface area (Å²) in [7, 11) is 0. The third-order valence-corrected chi connectivity index (χ3v) is 4.96. The standard InChI is InChI=1S/C23H36N4O14.Na/c1-6-35-23(34)26-22(25-9-7-8-15(24)20(32)33)27-41-21-19(39-14(5)31)18(38-13(4)30)17(37-12(3)29)16(40-21)10-36-11(2)28;/h15-19,21H,6-10,24H2,1-5H3,(H,32,33)(H2,25,26,27,34);/q;+1/p-1/t15-,16+,17-,18-,19+,21-;/m0./s1. The van der Waals surface area contributed by atoms with Crippen molar-refractivity contribution in [3.8, 4) is 0 Å². The first-order valence-electron chi connectivity index (χ1n) is 12.4. The number of nitrogens with one attached hydrogen (secondary N) is 2. The third-order valence-electron chi connectivity index (χ3n) is 4.96. The SMILES string of the molecule is CCOC(=O)NC(=NCCC[C@H](N)C(=O)[O-])NO[C@@H]1O[C@H](COC(C)=O)[C@H](OC(C)=O)[C@H](OC(C)=O)[C@H]1OC(C)=O.[Na+]. The zero-order chi connectivity index (χ0) is 31.1. The molecular formula is C23H35N4NaO14. The van der Waals surface area contributed by atoms with Crippen LogP contribution >= 0.6 is 0 Å². The van der Waals surface area contributed by atoms with Gasteiger partial charge in [-0.25, -0.2) is 15.1 Å². The molecule has 6 atom stereocenters. The van der Waals surface area contributed by atoms with Crippen LogP contribution in [0.4, 0.5) is 4.79 Å². The number of ether oxygens (including phenoxy) is 6. The number of guanidine groups is 1. The number of hydrogen-bond acceptors (Lipinski definition) is 16. The van der Waals surface area contributed by atoms with E-state index in [4.69, 9.17) is 39.0 Å². The first-order chi connectivity index (χ1) is 19.2. The summed E-state index contributed by atoms with van der Waals surface area (Å²) in [4.78, 5) is 79.5. The molecule has 42 heavy (non-hydrogen) atoms. The summed E-state index contributed by atoms with van der Waals surface area (Å²) in [5, 5.41) is 13.1. The van der Waals surface area contributed by atoms with E-state index in [0.29, 0.717) is 0 Å². The number of carbonyl (C=O) groups excluding carboxylic acids is 6. The Labute approximate surface area is 263 Å². The molecule has 0 spiro atoms. The molecule has 1 aliphatic rings. The van der Waals surface area contributed by atoms with Gasteiger partial charge >= 0.3 is 59.5 Å². The second-order valence-electron chi connectivity index (χ2n) is 8.43. The number of hydrogen-bond donors (Lipinski definition) is 3. The van der Waals surface area contributed by atoms with Crippen LogP contribution in [0.2, 0.25) is 0 Å². The second kappa shape index (κ2) is 20.0. The molecule has 18 nitrogen and oxygen atoms in total. The smallest absolute Gasteiger partial charge is 0.548 e. The van der Waals surface area contributed by atoms with Gasteiger partial charge in [0.2, 0.25) is 12.2 Å². The number of carbonyl (C=O) groups is 6. The van der Waals surface area contributed by atoms with E-state index in [2.05, 4.69) is 15.8 Å². The average molecular weight is 615 g/mol. The van der Waals surface area contributed by atoms with Gasteiger partial charge in [-0.1, -0.05) is 0 Å². The minimum absolute atomic E-state index is 0. The van der Waals surface area contributed by atoms with Crippen molar-refractivity contribution < 1.29 is 96.7 Å². The Bertz CT molecular complexity index is 981. The molecule has 0 aromatic heterocycles. The summed E-state index contributed by atoms with van der Waals surface area (Å²) in [6.07, 6.45) is -8.11. The van der Waals surface area contributed by atoms with Gasteiger partial charge < -0.3 is 44.1 Å². The monoisotopic (exact) mass is 614 g/mol. The molecule has 1 rings (SSSR count). The van der Waals surface area contributed by atoms with E-state index in [0.717, 1.165) is 27.7 Å². The largest absolute Gasteiger partial charge is 1.00 e. The van der Waals surface area contributed by atoms with Crippen LogP contribution in [0.1, 0.15) is 47.5 Å². The van der Waals surface area contributed by atoms with Gasteiger partial charge in [-0.3, -0.25) is 29.5 Å². The number of hydroxylamine groups is 1. The average Bonchev–Trinajstić information content (AvgIpc) is 2.85. The summed E-state index contributed by atoms with van der Waals surface area (Å²) in [6, 6.07) is -1.23. The minimum atomic E-state index is -1.63. The molecule has 1 heterocycles. The van der Waals surface area contributed by atoms with Gasteiger partial charge in [0, 0.05) is 40.3 Å². The quantitative estimate of drug-likeness (QED) is 0.0333. The van der Waals surface area contributed by atoms with E-state index in [1.54, 1.807) is 6.92 Å². The molecule has 0 aromatic carbocycles. The van der Waals surface area contributed by atoms with E-state index in [1.165, 1.54) is 0 Å². The topological polar surface area (TPSA) is 253 Å². The van der Waals surface area contributed by atoms with Crippen molar-refractivity contribution in [1.82, 2.24) is 10.8 Å². The zero-order valence-electron chi connectivity index (χ0n) is 24.2. The number of esters is 4. The number of nitrogens with zero attached hydrogens (tertiary/aromatic N) is 1. The number of aliphatic imine (C=N–C) groups is 1. The van der Waals surface area contributed by atoms with Crippen LogP contribution in [0.15, 0.2) is 4.99 Å².